The number of hydrogen-bond acceptors (Lipinski definition) is 7. The number of aliphatic hydroxyl groups excluding tert-OH is 1. The molecule has 30 heavy (non-hydrogen) atoms. The number of methoxy groups -OCH3 is 1. The number of anilines is 1. The lowest BCUT2D eigenvalue weighted by molar-refractivity contribution is -0.136. The van der Waals surface area contributed by atoms with Crippen LogP contribution in [0.2, 0.25) is 0 Å². The molecule has 1 aromatic heterocycles. The number of rotatable bonds is 8. The summed E-state index contributed by atoms with van der Waals surface area (Å²) in [7, 11) is 1.24. The van der Waals surface area contributed by atoms with Gasteiger partial charge >= 0.3 is 5.97 Å². The molecule has 156 valence electrons. The van der Waals surface area contributed by atoms with Crippen LogP contribution in [0, 0.1) is 0 Å². The molecule has 3 rings (SSSR count). The molecule has 0 saturated carbocycles. The second kappa shape index (κ2) is 9.66. The van der Waals surface area contributed by atoms with E-state index in [4.69, 9.17) is 9.84 Å². The van der Waals surface area contributed by atoms with Crippen LogP contribution in [0.15, 0.2) is 60.1 Å². The number of nitrogens with zero attached hydrogens (tertiary/aromatic N) is 2. The van der Waals surface area contributed by atoms with Gasteiger partial charge in [0.2, 0.25) is 0 Å². The number of aliphatic hydroxyl groups is 1. The van der Waals surface area contributed by atoms with E-state index in [1.165, 1.54) is 12.0 Å². The van der Waals surface area contributed by atoms with Gasteiger partial charge in [-0.1, -0.05) is 6.07 Å². The maximum Gasteiger partial charge on any atom is 0.337 e. The molecule has 9 nitrogen and oxygen atoms in total. The number of nitrogens with one attached hydrogen (secondary N) is 2. The van der Waals surface area contributed by atoms with Crippen molar-refractivity contribution in [2.24, 2.45) is 0 Å². The SMILES string of the molecule is COC(=O)C1=C(Nc2ccc(C(=O)NCc3cccnc3)cc2)C(=O)N(CCO)C1. The van der Waals surface area contributed by atoms with Crippen LogP contribution in [-0.2, 0) is 20.9 Å². The van der Waals surface area contributed by atoms with E-state index in [0.29, 0.717) is 17.8 Å². The minimum atomic E-state index is -0.613. The van der Waals surface area contributed by atoms with Crippen molar-refractivity contribution in [1.29, 1.82) is 0 Å². The standard InChI is InChI=1S/C21H22N4O5/c1-30-21(29)17-13-25(9-10-26)20(28)18(17)24-16-6-4-15(5-7-16)19(27)23-12-14-3-2-8-22-11-14/h2-8,11,24,26H,9-10,12-13H2,1H3,(H,23,27). The van der Waals surface area contributed by atoms with Crippen molar-refractivity contribution in [2.45, 2.75) is 6.54 Å². The number of amides is 2. The number of β-amino-alcohol motifs (C(OH)–C–C–N with tert-alkyl or cyclic N) is 1. The van der Waals surface area contributed by atoms with Crippen molar-refractivity contribution >= 4 is 23.5 Å². The van der Waals surface area contributed by atoms with Crippen LogP contribution < -0.4 is 10.6 Å². The van der Waals surface area contributed by atoms with Crippen LogP contribution >= 0.6 is 0 Å². The highest BCUT2D eigenvalue weighted by molar-refractivity contribution is 6.08. The predicted molar refractivity (Wildman–Crippen MR) is 108 cm³/mol. The minimum Gasteiger partial charge on any atom is -0.466 e. The smallest absolute Gasteiger partial charge is 0.337 e. The highest BCUT2D eigenvalue weighted by atomic mass is 16.5. The molecule has 1 aliphatic heterocycles. The van der Waals surface area contributed by atoms with Gasteiger partial charge in [0.15, 0.2) is 0 Å². The summed E-state index contributed by atoms with van der Waals surface area (Å²) >= 11 is 0. The Labute approximate surface area is 173 Å². The first-order valence-corrected chi connectivity index (χ1v) is 9.29. The van der Waals surface area contributed by atoms with Gasteiger partial charge in [0.1, 0.15) is 5.70 Å². The lowest BCUT2D eigenvalue weighted by Crippen LogP contribution is -2.31. The van der Waals surface area contributed by atoms with Gasteiger partial charge in [0.25, 0.3) is 11.8 Å². The summed E-state index contributed by atoms with van der Waals surface area (Å²) in [6, 6.07) is 10.2. The zero-order chi connectivity index (χ0) is 21.5. The molecule has 2 heterocycles. The second-order valence-corrected chi connectivity index (χ2v) is 6.54. The number of carbonyl (C=O) groups is 3. The van der Waals surface area contributed by atoms with Gasteiger partial charge in [0, 0.05) is 36.7 Å². The molecular formula is C21H22N4O5. The minimum absolute atomic E-state index is 0.0588. The second-order valence-electron chi connectivity index (χ2n) is 6.54. The fraction of sp³-hybridized carbons (Fsp3) is 0.238. The first-order valence-electron chi connectivity index (χ1n) is 9.29. The Morgan fingerprint density at radius 3 is 2.63 bits per heavy atom. The predicted octanol–water partition coefficient (Wildman–Crippen LogP) is 0.685. The van der Waals surface area contributed by atoms with E-state index in [9.17, 15) is 14.4 Å². The van der Waals surface area contributed by atoms with Crippen LogP contribution in [0.4, 0.5) is 5.69 Å². The molecule has 1 aromatic carbocycles. The Kier molecular flexibility index (Phi) is 6.76. The van der Waals surface area contributed by atoms with E-state index in [2.05, 4.69) is 15.6 Å². The topological polar surface area (TPSA) is 121 Å². The van der Waals surface area contributed by atoms with E-state index in [1.54, 1.807) is 42.7 Å². The van der Waals surface area contributed by atoms with Crippen molar-refractivity contribution < 1.29 is 24.2 Å². The van der Waals surface area contributed by atoms with Gasteiger partial charge in [-0.3, -0.25) is 14.6 Å². The van der Waals surface area contributed by atoms with Crippen molar-refractivity contribution in [3.05, 3.63) is 71.2 Å². The molecule has 0 fully saturated rings. The highest BCUT2D eigenvalue weighted by Crippen LogP contribution is 2.23. The summed E-state index contributed by atoms with van der Waals surface area (Å²) in [5.74, 6) is -1.26. The zero-order valence-electron chi connectivity index (χ0n) is 16.4. The Bertz CT molecular complexity index is 957. The third-order valence-corrected chi connectivity index (χ3v) is 4.55. The summed E-state index contributed by atoms with van der Waals surface area (Å²) in [5, 5.41) is 14.9. The van der Waals surface area contributed by atoms with E-state index < -0.39 is 11.9 Å². The van der Waals surface area contributed by atoms with Gasteiger partial charge in [-0.05, 0) is 35.9 Å². The number of ether oxygens (including phenoxy) is 1. The Balaban J connectivity index is 1.68. The first-order chi connectivity index (χ1) is 14.5. The van der Waals surface area contributed by atoms with Crippen LogP contribution in [0.3, 0.4) is 0 Å². The molecule has 2 amide bonds. The molecular weight excluding hydrogens is 388 g/mol. The fourth-order valence-corrected chi connectivity index (χ4v) is 2.99. The molecule has 2 aromatic rings. The van der Waals surface area contributed by atoms with E-state index in [0.717, 1.165) is 5.56 Å². The van der Waals surface area contributed by atoms with Crippen LogP contribution in [0.1, 0.15) is 15.9 Å². The average molecular weight is 410 g/mol. The van der Waals surface area contributed by atoms with Crippen molar-refractivity contribution in [3.63, 3.8) is 0 Å². The van der Waals surface area contributed by atoms with Gasteiger partial charge in [-0.25, -0.2) is 4.79 Å². The summed E-state index contributed by atoms with van der Waals surface area (Å²) < 4.78 is 4.76. The van der Waals surface area contributed by atoms with Gasteiger partial charge in [-0.15, -0.1) is 0 Å². The molecule has 0 spiro atoms. The molecule has 3 N–H and O–H groups in total. The third kappa shape index (κ3) is 4.81. The maximum absolute atomic E-state index is 12.5. The van der Waals surface area contributed by atoms with Gasteiger partial charge in [0.05, 0.1) is 25.8 Å². The first kappa shape index (κ1) is 21.0. The number of pyridine rings is 1. The number of benzene rings is 1. The molecule has 0 atom stereocenters. The van der Waals surface area contributed by atoms with Gasteiger partial charge in [-0.2, -0.15) is 0 Å². The maximum atomic E-state index is 12.5. The molecule has 1 aliphatic rings. The van der Waals surface area contributed by atoms with Gasteiger partial charge < -0.3 is 25.4 Å². The Morgan fingerprint density at radius 2 is 2.00 bits per heavy atom. The number of carbonyl (C=O) groups excluding carboxylic acids is 3. The summed E-state index contributed by atoms with van der Waals surface area (Å²) in [6.45, 7) is 0.317. The molecule has 9 heteroatoms. The molecule has 0 aliphatic carbocycles. The summed E-state index contributed by atoms with van der Waals surface area (Å²) in [5.41, 5.74) is 2.16. The van der Waals surface area contributed by atoms with E-state index in [1.807, 2.05) is 6.07 Å². The lowest BCUT2D eigenvalue weighted by atomic mass is 10.1. The van der Waals surface area contributed by atoms with Crippen molar-refractivity contribution in [3.8, 4) is 0 Å². The largest absolute Gasteiger partial charge is 0.466 e. The molecule has 0 radical (unpaired) electrons. The highest BCUT2D eigenvalue weighted by Gasteiger charge is 2.34. The van der Waals surface area contributed by atoms with E-state index in [-0.39, 0.29) is 36.9 Å². The Morgan fingerprint density at radius 1 is 1.23 bits per heavy atom. The van der Waals surface area contributed by atoms with Crippen LogP contribution in [0.25, 0.3) is 0 Å². The lowest BCUT2D eigenvalue weighted by Gasteiger charge is -2.15. The van der Waals surface area contributed by atoms with Crippen LogP contribution in [-0.4, -0.2) is 59.6 Å². The fourth-order valence-electron chi connectivity index (χ4n) is 2.99. The molecule has 0 bridgehead atoms. The normalized spacial score (nSPS) is 13.4. The van der Waals surface area contributed by atoms with Crippen LogP contribution in [0.5, 0.6) is 0 Å². The molecule has 0 unspecified atom stereocenters. The number of aromatic nitrogens is 1. The summed E-state index contributed by atoms with van der Waals surface area (Å²) in [6.07, 6.45) is 3.34. The Hall–Kier alpha value is -3.72. The monoisotopic (exact) mass is 410 g/mol. The quantitative estimate of drug-likeness (QED) is 0.548. The van der Waals surface area contributed by atoms with E-state index >= 15 is 0 Å². The van der Waals surface area contributed by atoms with Crippen molar-refractivity contribution in [1.82, 2.24) is 15.2 Å². The number of hydrogen-bond donors (Lipinski definition) is 3. The van der Waals surface area contributed by atoms with Crippen molar-refractivity contribution in [2.75, 3.05) is 32.1 Å². The average Bonchev–Trinajstić information content (AvgIpc) is 3.08. The summed E-state index contributed by atoms with van der Waals surface area (Å²) in [4.78, 5) is 42.2. The molecule has 0 saturated heterocycles. The third-order valence-electron chi connectivity index (χ3n) is 4.55. The number of esters is 1. The zero-order valence-corrected chi connectivity index (χ0v) is 16.4.